The summed E-state index contributed by atoms with van der Waals surface area (Å²) in [5, 5.41) is 17.2. The topological polar surface area (TPSA) is 106 Å². The number of hydrogen-bond acceptors (Lipinski definition) is 8. The van der Waals surface area contributed by atoms with Crippen molar-refractivity contribution in [2.24, 2.45) is 0 Å². The van der Waals surface area contributed by atoms with Crippen molar-refractivity contribution in [3.63, 3.8) is 0 Å². The van der Waals surface area contributed by atoms with Crippen LogP contribution >= 0.6 is 0 Å². The Kier molecular flexibility index (Phi) is 4.65. The molecule has 0 atom stereocenters. The molecule has 10 nitrogen and oxygen atoms in total. The molecule has 1 aliphatic heterocycles. The zero-order valence-electron chi connectivity index (χ0n) is 18.4. The average Bonchev–Trinajstić information content (AvgIpc) is 3.39. The fraction of sp³-hybridized carbons (Fsp3) is 0.364. The molecule has 4 aromatic heterocycles. The minimum Gasteiger partial charge on any atom is -0.355 e. The van der Waals surface area contributed by atoms with E-state index in [9.17, 15) is 4.79 Å². The minimum absolute atomic E-state index is 0.0570. The zero-order valence-corrected chi connectivity index (χ0v) is 18.4. The van der Waals surface area contributed by atoms with Gasteiger partial charge in [-0.15, -0.1) is 15.3 Å². The second-order valence-electron chi connectivity index (χ2n) is 9.03. The van der Waals surface area contributed by atoms with Crippen LogP contribution in [0.2, 0.25) is 0 Å². The Bertz CT molecular complexity index is 1270. The van der Waals surface area contributed by atoms with Gasteiger partial charge in [0, 0.05) is 49.6 Å². The molecule has 0 aliphatic carbocycles. The standard InChI is InChI=1S/C22H24N8O2/c1-22(2,3)21-25-24-18-7-8-19(26-30(18)21)29-12-15(13-29)28(4)20(31)16-10-17(32-27-16)14-6-5-9-23-11-14/h5-11,15H,12-13H2,1-4H3. The molecule has 32 heavy (non-hydrogen) atoms. The lowest BCUT2D eigenvalue weighted by Gasteiger charge is -2.44. The molecular weight excluding hydrogens is 408 g/mol. The summed E-state index contributed by atoms with van der Waals surface area (Å²) in [6.45, 7) is 7.62. The van der Waals surface area contributed by atoms with Crippen molar-refractivity contribution >= 4 is 17.4 Å². The van der Waals surface area contributed by atoms with Crippen LogP contribution in [0.4, 0.5) is 5.82 Å². The predicted octanol–water partition coefficient (Wildman–Crippen LogP) is 2.43. The Morgan fingerprint density at radius 3 is 2.72 bits per heavy atom. The summed E-state index contributed by atoms with van der Waals surface area (Å²) in [6, 6.07) is 9.24. The highest BCUT2D eigenvalue weighted by Gasteiger charge is 2.35. The number of fused-ring (bicyclic) bond motifs is 1. The van der Waals surface area contributed by atoms with Crippen LogP contribution in [0.1, 0.15) is 37.1 Å². The molecule has 1 aliphatic rings. The van der Waals surface area contributed by atoms with Gasteiger partial charge in [0.05, 0.1) is 6.04 Å². The highest BCUT2D eigenvalue weighted by molar-refractivity contribution is 5.93. The third-order valence-electron chi connectivity index (χ3n) is 5.65. The zero-order chi connectivity index (χ0) is 22.5. The van der Waals surface area contributed by atoms with Gasteiger partial charge in [0.25, 0.3) is 5.91 Å². The third-order valence-corrected chi connectivity index (χ3v) is 5.65. The summed E-state index contributed by atoms with van der Waals surface area (Å²) >= 11 is 0. The van der Waals surface area contributed by atoms with E-state index in [4.69, 9.17) is 9.62 Å². The lowest BCUT2D eigenvalue weighted by molar-refractivity contribution is 0.0694. The first-order valence-corrected chi connectivity index (χ1v) is 10.4. The number of anilines is 1. The molecule has 1 amide bonds. The fourth-order valence-electron chi connectivity index (χ4n) is 3.67. The number of carbonyl (C=O) groups is 1. The Labute approximate surface area is 184 Å². The number of nitrogens with zero attached hydrogens (tertiary/aromatic N) is 8. The van der Waals surface area contributed by atoms with Gasteiger partial charge in [-0.1, -0.05) is 25.9 Å². The number of aromatic nitrogens is 6. The Morgan fingerprint density at radius 2 is 2.00 bits per heavy atom. The maximum Gasteiger partial charge on any atom is 0.276 e. The van der Waals surface area contributed by atoms with E-state index in [1.807, 2.05) is 24.3 Å². The van der Waals surface area contributed by atoms with E-state index in [0.29, 0.717) is 18.8 Å². The molecule has 0 aromatic carbocycles. The van der Waals surface area contributed by atoms with E-state index < -0.39 is 0 Å². The number of pyridine rings is 1. The van der Waals surface area contributed by atoms with Gasteiger partial charge in [-0.25, -0.2) is 0 Å². The molecule has 0 radical (unpaired) electrons. The number of amides is 1. The van der Waals surface area contributed by atoms with E-state index >= 15 is 0 Å². The third kappa shape index (κ3) is 3.47. The summed E-state index contributed by atoms with van der Waals surface area (Å²) in [6.07, 6.45) is 3.36. The average molecular weight is 432 g/mol. The van der Waals surface area contributed by atoms with E-state index in [1.54, 1.807) is 34.9 Å². The number of rotatable bonds is 4. The molecular formula is C22H24N8O2. The molecule has 1 saturated heterocycles. The molecule has 0 unspecified atom stereocenters. The van der Waals surface area contributed by atoms with Gasteiger partial charge in [-0.05, 0) is 24.3 Å². The molecule has 0 spiro atoms. The first-order valence-electron chi connectivity index (χ1n) is 10.4. The molecule has 4 aromatic rings. The molecule has 164 valence electrons. The predicted molar refractivity (Wildman–Crippen MR) is 117 cm³/mol. The maximum atomic E-state index is 12.9. The van der Waals surface area contributed by atoms with Crippen LogP contribution in [0, 0.1) is 0 Å². The van der Waals surface area contributed by atoms with Gasteiger partial charge in [0.15, 0.2) is 22.9 Å². The summed E-state index contributed by atoms with van der Waals surface area (Å²) in [4.78, 5) is 20.8. The van der Waals surface area contributed by atoms with Crippen LogP contribution in [0.5, 0.6) is 0 Å². The van der Waals surface area contributed by atoms with Crippen molar-refractivity contribution in [2.45, 2.75) is 32.2 Å². The second kappa shape index (κ2) is 7.40. The van der Waals surface area contributed by atoms with Crippen LogP contribution in [0.3, 0.4) is 0 Å². The van der Waals surface area contributed by atoms with Crippen LogP contribution in [0.15, 0.2) is 47.2 Å². The summed E-state index contributed by atoms with van der Waals surface area (Å²) in [5.74, 6) is 1.99. The van der Waals surface area contributed by atoms with Gasteiger partial charge >= 0.3 is 0 Å². The van der Waals surface area contributed by atoms with E-state index in [2.05, 4.69) is 46.0 Å². The van der Waals surface area contributed by atoms with Crippen LogP contribution in [0.25, 0.3) is 17.0 Å². The molecule has 5 heterocycles. The Morgan fingerprint density at radius 1 is 1.19 bits per heavy atom. The molecule has 0 bridgehead atoms. The summed E-state index contributed by atoms with van der Waals surface area (Å²) in [7, 11) is 1.79. The quantitative estimate of drug-likeness (QED) is 0.484. The molecule has 10 heteroatoms. The van der Waals surface area contributed by atoms with Crippen molar-refractivity contribution < 1.29 is 9.32 Å². The van der Waals surface area contributed by atoms with Gasteiger partial charge < -0.3 is 14.3 Å². The highest BCUT2D eigenvalue weighted by atomic mass is 16.5. The van der Waals surface area contributed by atoms with Crippen molar-refractivity contribution in [1.82, 2.24) is 34.9 Å². The minimum atomic E-state index is -0.175. The largest absolute Gasteiger partial charge is 0.355 e. The number of carbonyl (C=O) groups excluding carboxylic acids is 1. The van der Waals surface area contributed by atoms with Crippen molar-refractivity contribution in [3.05, 3.63) is 54.2 Å². The molecule has 0 N–H and O–H groups in total. The van der Waals surface area contributed by atoms with Crippen LogP contribution < -0.4 is 4.90 Å². The Hall–Kier alpha value is -3.82. The van der Waals surface area contributed by atoms with Gasteiger partial charge in [0.2, 0.25) is 0 Å². The monoisotopic (exact) mass is 432 g/mol. The molecule has 0 saturated carbocycles. The highest BCUT2D eigenvalue weighted by Crippen LogP contribution is 2.26. The molecule has 1 fully saturated rings. The second-order valence-corrected chi connectivity index (χ2v) is 9.03. The SMILES string of the molecule is CN(C(=O)c1cc(-c2cccnc2)on1)C1CN(c2ccc3nnc(C(C)(C)C)n3n2)C1. The van der Waals surface area contributed by atoms with E-state index in [-0.39, 0.29) is 23.1 Å². The Balaban J connectivity index is 1.27. The lowest BCUT2D eigenvalue weighted by atomic mass is 9.96. The number of hydrogen-bond donors (Lipinski definition) is 0. The summed E-state index contributed by atoms with van der Waals surface area (Å²) < 4.78 is 7.14. The maximum absolute atomic E-state index is 12.9. The first-order chi connectivity index (χ1) is 15.3. The molecule has 5 rings (SSSR count). The van der Waals surface area contributed by atoms with E-state index in [0.717, 1.165) is 22.9 Å². The smallest absolute Gasteiger partial charge is 0.276 e. The van der Waals surface area contributed by atoms with Gasteiger partial charge in [-0.3, -0.25) is 9.78 Å². The van der Waals surface area contributed by atoms with Gasteiger partial charge in [-0.2, -0.15) is 4.52 Å². The lowest BCUT2D eigenvalue weighted by Crippen LogP contribution is -2.60. The van der Waals surface area contributed by atoms with Crippen molar-refractivity contribution in [1.29, 1.82) is 0 Å². The van der Waals surface area contributed by atoms with E-state index in [1.165, 1.54) is 0 Å². The number of likely N-dealkylation sites (N-methyl/N-ethyl adjacent to an activating group) is 1. The normalized spacial score (nSPS) is 14.6. The van der Waals surface area contributed by atoms with Crippen LogP contribution in [-0.4, -0.2) is 66.9 Å². The van der Waals surface area contributed by atoms with Crippen molar-refractivity contribution in [3.8, 4) is 11.3 Å². The van der Waals surface area contributed by atoms with Crippen molar-refractivity contribution in [2.75, 3.05) is 25.0 Å². The fourth-order valence-corrected chi connectivity index (χ4v) is 3.67. The first kappa shape index (κ1) is 20.1. The van der Waals surface area contributed by atoms with Crippen LogP contribution in [-0.2, 0) is 5.41 Å². The van der Waals surface area contributed by atoms with Gasteiger partial charge in [0.1, 0.15) is 5.82 Å². The summed E-state index contributed by atoms with van der Waals surface area (Å²) in [5.41, 5.74) is 1.62.